The number of aliphatic hydroxyl groups excluding tert-OH is 3. The summed E-state index contributed by atoms with van der Waals surface area (Å²) in [5, 5.41) is 27.8. The molecule has 0 rings (SSSR count). The van der Waals surface area contributed by atoms with E-state index in [4.69, 9.17) is 5.11 Å². The van der Waals surface area contributed by atoms with Gasteiger partial charge in [-0.25, -0.2) is 0 Å². The van der Waals surface area contributed by atoms with E-state index in [0.29, 0.717) is 24.0 Å². The highest BCUT2D eigenvalue weighted by atomic mass is 16.3. The molecule has 4 heteroatoms. The minimum Gasteiger partial charge on any atom is -0.388 e. The Morgan fingerprint density at radius 1 is 1.23 bits per heavy atom. The number of hydrogen-bond acceptors (Lipinski definition) is 3. The van der Waals surface area contributed by atoms with Crippen molar-refractivity contribution in [2.24, 2.45) is 0 Å². The van der Waals surface area contributed by atoms with Gasteiger partial charge in [0.1, 0.15) is 25.3 Å². The van der Waals surface area contributed by atoms with E-state index in [1.54, 1.807) is 6.92 Å². The fourth-order valence-electron chi connectivity index (χ4n) is 1.47. The highest BCUT2D eigenvalue weighted by Crippen LogP contribution is 2.06. The Labute approximate surface area is 80.0 Å². The molecule has 0 aliphatic heterocycles. The lowest BCUT2D eigenvalue weighted by Crippen LogP contribution is -2.52. The summed E-state index contributed by atoms with van der Waals surface area (Å²) in [4.78, 5) is 0. The lowest BCUT2D eigenvalue weighted by atomic mass is 10.2. The van der Waals surface area contributed by atoms with Crippen LogP contribution in [0.1, 0.15) is 20.3 Å². The van der Waals surface area contributed by atoms with Gasteiger partial charge in [0.25, 0.3) is 0 Å². The molecule has 3 unspecified atom stereocenters. The molecule has 0 heterocycles. The summed E-state index contributed by atoms with van der Waals surface area (Å²) in [5.41, 5.74) is 0. The van der Waals surface area contributed by atoms with Gasteiger partial charge in [0.2, 0.25) is 0 Å². The van der Waals surface area contributed by atoms with Gasteiger partial charge in [-0.3, -0.25) is 4.48 Å². The zero-order chi connectivity index (χ0) is 10.5. The monoisotopic (exact) mass is 192 g/mol. The molecule has 4 nitrogen and oxygen atoms in total. The number of aliphatic hydroxyl groups is 3. The van der Waals surface area contributed by atoms with Crippen molar-refractivity contribution in [3.05, 3.63) is 0 Å². The standard InChI is InChI=1S/C9H22NO3/c1-4-9(13)6-10(3,7-11)5-8(2)12/h8-9,11-13H,4-7H2,1-3H3/q+1. The molecule has 0 radical (unpaired) electrons. The van der Waals surface area contributed by atoms with E-state index < -0.39 is 12.2 Å². The topological polar surface area (TPSA) is 60.7 Å². The van der Waals surface area contributed by atoms with E-state index in [1.807, 2.05) is 14.0 Å². The molecule has 0 fully saturated rings. The molecule has 0 aliphatic carbocycles. The summed E-state index contributed by atoms with van der Waals surface area (Å²) in [6, 6.07) is 0. The molecule has 3 N–H and O–H groups in total. The maximum Gasteiger partial charge on any atom is 0.180 e. The molecule has 0 bridgehead atoms. The van der Waals surface area contributed by atoms with Gasteiger partial charge in [-0.15, -0.1) is 0 Å². The number of quaternary nitrogens is 1. The Morgan fingerprint density at radius 3 is 2.08 bits per heavy atom. The van der Waals surface area contributed by atoms with Crippen molar-refractivity contribution < 1.29 is 19.8 Å². The predicted molar refractivity (Wildman–Crippen MR) is 51.0 cm³/mol. The SMILES string of the molecule is CCC(O)C[N+](C)(CO)CC(C)O. The third kappa shape index (κ3) is 5.21. The van der Waals surface area contributed by atoms with Crippen molar-refractivity contribution >= 4 is 0 Å². The lowest BCUT2D eigenvalue weighted by molar-refractivity contribution is -0.932. The number of nitrogens with zero attached hydrogens (tertiary/aromatic N) is 1. The minimum atomic E-state index is -0.457. The highest BCUT2D eigenvalue weighted by molar-refractivity contribution is 4.52. The van der Waals surface area contributed by atoms with Crippen molar-refractivity contribution in [3.63, 3.8) is 0 Å². The summed E-state index contributed by atoms with van der Waals surface area (Å²) in [6.07, 6.45) is -0.190. The molecule has 13 heavy (non-hydrogen) atoms. The van der Waals surface area contributed by atoms with Crippen LogP contribution < -0.4 is 0 Å². The molecule has 0 spiro atoms. The second kappa shape index (κ2) is 5.54. The predicted octanol–water partition coefficient (Wildman–Crippen LogP) is -0.465. The average molecular weight is 192 g/mol. The summed E-state index contributed by atoms with van der Waals surface area (Å²) in [5.74, 6) is 0. The first kappa shape index (κ1) is 12.8. The van der Waals surface area contributed by atoms with Gasteiger partial charge in [-0.1, -0.05) is 6.92 Å². The number of likely N-dealkylation sites (N-methyl/N-ethyl adjacent to an activating group) is 1. The second-order valence-electron chi connectivity index (χ2n) is 4.04. The van der Waals surface area contributed by atoms with Crippen molar-refractivity contribution in [2.45, 2.75) is 32.5 Å². The normalized spacial score (nSPS) is 20.8. The van der Waals surface area contributed by atoms with Gasteiger partial charge in [0.15, 0.2) is 6.73 Å². The first-order valence-corrected chi connectivity index (χ1v) is 4.74. The Kier molecular flexibility index (Phi) is 5.48. The number of hydrogen-bond donors (Lipinski definition) is 3. The maximum atomic E-state index is 9.43. The van der Waals surface area contributed by atoms with Crippen molar-refractivity contribution in [1.29, 1.82) is 0 Å². The van der Waals surface area contributed by atoms with E-state index in [9.17, 15) is 10.2 Å². The quantitative estimate of drug-likeness (QED) is 0.394. The van der Waals surface area contributed by atoms with Gasteiger partial charge in [0, 0.05) is 0 Å². The van der Waals surface area contributed by atoms with E-state index in [0.717, 1.165) is 0 Å². The van der Waals surface area contributed by atoms with E-state index in [1.165, 1.54) is 0 Å². The summed E-state index contributed by atoms with van der Waals surface area (Å²) < 4.78 is 0.298. The first-order valence-electron chi connectivity index (χ1n) is 4.74. The molecule has 0 saturated heterocycles. The van der Waals surface area contributed by atoms with Crippen LogP contribution in [-0.2, 0) is 0 Å². The van der Waals surface area contributed by atoms with Crippen LogP contribution in [0.5, 0.6) is 0 Å². The molecule has 3 atom stereocenters. The minimum absolute atomic E-state index is 0.0536. The Bertz CT molecular complexity index is 141. The Balaban J connectivity index is 4.10. The van der Waals surface area contributed by atoms with Crippen LogP contribution in [0.25, 0.3) is 0 Å². The number of rotatable bonds is 6. The third-order valence-corrected chi connectivity index (χ3v) is 2.17. The second-order valence-corrected chi connectivity index (χ2v) is 4.04. The van der Waals surface area contributed by atoms with Crippen molar-refractivity contribution in [1.82, 2.24) is 0 Å². The highest BCUT2D eigenvalue weighted by Gasteiger charge is 2.25. The molecule has 0 aliphatic rings. The van der Waals surface area contributed by atoms with E-state index in [-0.39, 0.29) is 6.73 Å². The zero-order valence-corrected chi connectivity index (χ0v) is 8.77. The van der Waals surface area contributed by atoms with Gasteiger partial charge in [-0.05, 0) is 13.3 Å². The van der Waals surface area contributed by atoms with Crippen LogP contribution in [0.2, 0.25) is 0 Å². The van der Waals surface area contributed by atoms with Gasteiger partial charge < -0.3 is 15.3 Å². The summed E-state index contributed by atoms with van der Waals surface area (Å²) in [6.45, 7) is 4.48. The average Bonchev–Trinajstić information content (AvgIpc) is 2.02. The van der Waals surface area contributed by atoms with Crippen LogP contribution >= 0.6 is 0 Å². The maximum absolute atomic E-state index is 9.43. The van der Waals surface area contributed by atoms with Crippen LogP contribution in [0.4, 0.5) is 0 Å². The molecule has 0 aromatic heterocycles. The van der Waals surface area contributed by atoms with Gasteiger partial charge in [-0.2, -0.15) is 0 Å². The van der Waals surface area contributed by atoms with Gasteiger partial charge in [0.05, 0.1) is 7.05 Å². The third-order valence-electron chi connectivity index (χ3n) is 2.17. The van der Waals surface area contributed by atoms with Crippen molar-refractivity contribution in [3.8, 4) is 0 Å². The van der Waals surface area contributed by atoms with Gasteiger partial charge >= 0.3 is 0 Å². The smallest absolute Gasteiger partial charge is 0.180 e. The molecule has 0 amide bonds. The van der Waals surface area contributed by atoms with Crippen LogP contribution in [-0.4, -0.2) is 58.9 Å². The fraction of sp³-hybridized carbons (Fsp3) is 1.00. The first-order chi connectivity index (χ1) is 5.93. The largest absolute Gasteiger partial charge is 0.388 e. The van der Waals surface area contributed by atoms with Crippen LogP contribution in [0.3, 0.4) is 0 Å². The van der Waals surface area contributed by atoms with Crippen molar-refractivity contribution in [2.75, 3.05) is 26.9 Å². The molecule has 0 aromatic carbocycles. The lowest BCUT2D eigenvalue weighted by Gasteiger charge is -2.34. The summed E-state index contributed by atoms with van der Waals surface area (Å²) >= 11 is 0. The summed E-state index contributed by atoms with van der Waals surface area (Å²) in [7, 11) is 1.82. The van der Waals surface area contributed by atoms with Crippen LogP contribution in [0.15, 0.2) is 0 Å². The Morgan fingerprint density at radius 2 is 1.77 bits per heavy atom. The zero-order valence-electron chi connectivity index (χ0n) is 8.77. The molecule has 0 aromatic rings. The molecular weight excluding hydrogens is 170 g/mol. The van der Waals surface area contributed by atoms with E-state index in [2.05, 4.69) is 0 Å². The molecule has 0 saturated carbocycles. The Hall–Kier alpha value is -0.160. The molecule has 80 valence electrons. The van der Waals surface area contributed by atoms with Crippen LogP contribution in [0, 0.1) is 0 Å². The van der Waals surface area contributed by atoms with E-state index >= 15 is 0 Å². The molecular formula is C9H22NO3+. The fourth-order valence-corrected chi connectivity index (χ4v) is 1.47.